The highest BCUT2D eigenvalue weighted by Crippen LogP contribution is 2.28. The van der Waals surface area contributed by atoms with Gasteiger partial charge in [0.25, 0.3) is 0 Å². The fourth-order valence-corrected chi connectivity index (χ4v) is 3.32. The van der Waals surface area contributed by atoms with Crippen LogP contribution in [0.1, 0.15) is 36.1 Å². The van der Waals surface area contributed by atoms with Crippen LogP contribution >= 0.6 is 0 Å². The Morgan fingerprint density at radius 3 is 2.18 bits per heavy atom. The monoisotopic (exact) mass is 256 g/mol. The number of rotatable bonds is 5. The standard InChI is InChI=1S/C13H20O3S/c1-4-5-12(14)13(17(3,15)16)11-8-6-10(2)7-9-11/h6-9,12-14H,4-5H2,1-3H3. The van der Waals surface area contributed by atoms with Crippen molar-refractivity contribution in [1.82, 2.24) is 0 Å². The SMILES string of the molecule is CCCC(O)C(c1ccc(C)cc1)S(C)(=O)=O. The van der Waals surface area contributed by atoms with Crippen molar-refractivity contribution < 1.29 is 13.5 Å². The summed E-state index contributed by atoms with van der Waals surface area (Å²) in [6.07, 6.45) is 1.60. The Hall–Kier alpha value is -0.870. The number of aliphatic hydroxyl groups excluding tert-OH is 1. The van der Waals surface area contributed by atoms with E-state index >= 15 is 0 Å². The molecule has 2 atom stereocenters. The van der Waals surface area contributed by atoms with E-state index in [4.69, 9.17) is 0 Å². The molecular weight excluding hydrogens is 236 g/mol. The van der Waals surface area contributed by atoms with Crippen molar-refractivity contribution in [3.63, 3.8) is 0 Å². The summed E-state index contributed by atoms with van der Waals surface area (Å²) in [4.78, 5) is 0. The molecule has 2 unspecified atom stereocenters. The molecular formula is C13H20O3S. The summed E-state index contributed by atoms with van der Waals surface area (Å²) in [5.41, 5.74) is 1.74. The molecule has 3 nitrogen and oxygen atoms in total. The number of benzene rings is 1. The predicted molar refractivity (Wildman–Crippen MR) is 69.7 cm³/mol. The van der Waals surface area contributed by atoms with Gasteiger partial charge in [0.15, 0.2) is 9.84 Å². The van der Waals surface area contributed by atoms with E-state index < -0.39 is 21.2 Å². The molecule has 4 heteroatoms. The predicted octanol–water partition coefficient (Wildman–Crippen LogP) is 2.24. The second kappa shape index (κ2) is 5.65. The zero-order chi connectivity index (χ0) is 13.1. The third kappa shape index (κ3) is 3.82. The molecule has 0 heterocycles. The minimum atomic E-state index is -3.30. The average molecular weight is 256 g/mol. The molecule has 0 radical (unpaired) electrons. The maximum absolute atomic E-state index is 11.8. The first kappa shape index (κ1) is 14.2. The highest BCUT2D eigenvalue weighted by Gasteiger charge is 2.29. The van der Waals surface area contributed by atoms with Crippen LogP contribution < -0.4 is 0 Å². The summed E-state index contributed by atoms with van der Waals surface area (Å²) in [5.74, 6) is 0. The number of hydrogen-bond donors (Lipinski definition) is 1. The quantitative estimate of drug-likeness (QED) is 0.879. The first-order valence-electron chi connectivity index (χ1n) is 5.79. The first-order valence-corrected chi connectivity index (χ1v) is 7.75. The fraction of sp³-hybridized carbons (Fsp3) is 0.538. The van der Waals surface area contributed by atoms with Gasteiger partial charge in [-0.1, -0.05) is 43.2 Å². The van der Waals surface area contributed by atoms with Gasteiger partial charge in [0.2, 0.25) is 0 Å². The Bertz CT molecular complexity index is 448. The summed E-state index contributed by atoms with van der Waals surface area (Å²) >= 11 is 0. The number of sulfone groups is 1. The van der Waals surface area contributed by atoms with Gasteiger partial charge in [-0.15, -0.1) is 0 Å². The lowest BCUT2D eigenvalue weighted by Gasteiger charge is -2.21. The minimum absolute atomic E-state index is 0.492. The zero-order valence-electron chi connectivity index (χ0n) is 10.6. The maximum atomic E-state index is 11.8. The topological polar surface area (TPSA) is 54.4 Å². The molecule has 0 aliphatic carbocycles. The van der Waals surface area contributed by atoms with Crippen LogP contribution in [0.4, 0.5) is 0 Å². The molecule has 1 N–H and O–H groups in total. The molecule has 0 saturated heterocycles. The Morgan fingerprint density at radius 1 is 1.24 bits per heavy atom. The van der Waals surface area contributed by atoms with Gasteiger partial charge in [0.05, 0.1) is 6.10 Å². The van der Waals surface area contributed by atoms with E-state index in [0.717, 1.165) is 12.0 Å². The molecule has 96 valence electrons. The summed E-state index contributed by atoms with van der Waals surface area (Å²) < 4.78 is 23.5. The molecule has 17 heavy (non-hydrogen) atoms. The van der Waals surface area contributed by atoms with Gasteiger partial charge in [0, 0.05) is 6.26 Å². The fourth-order valence-electron chi connectivity index (χ4n) is 1.96. The second-order valence-corrected chi connectivity index (χ2v) is 6.68. The molecule has 0 aromatic heterocycles. The van der Waals surface area contributed by atoms with Gasteiger partial charge in [-0.05, 0) is 18.9 Å². The summed E-state index contributed by atoms with van der Waals surface area (Å²) in [5, 5.41) is 9.17. The van der Waals surface area contributed by atoms with Gasteiger partial charge in [-0.3, -0.25) is 0 Å². The Labute approximate surface area is 103 Å². The molecule has 0 amide bonds. The lowest BCUT2D eigenvalue weighted by molar-refractivity contribution is 0.157. The van der Waals surface area contributed by atoms with E-state index in [9.17, 15) is 13.5 Å². The first-order chi connectivity index (χ1) is 7.86. The van der Waals surface area contributed by atoms with E-state index in [1.165, 1.54) is 6.26 Å². The van der Waals surface area contributed by atoms with Crippen molar-refractivity contribution >= 4 is 9.84 Å². The van der Waals surface area contributed by atoms with E-state index in [1.54, 1.807) is 12.1 Å². The molecule has 0 fully saturated rings. The number of aryl methyl sites for hydroxylation is 1. The van der Waals surface area contributed by atoms with E-state index in [1.807, 2.05) is 26.0 Å². The summed E-state index contributed by atoms with van der Waals surface area (Å²) in [6.45, 7) is 3.87. The van der Waals surface area contributed by atoms with Crippen molar-refractivity contribution in [1.29, 1.82) is 0 Å². The average Bonchev–Trinajstić information content (AvgIpc) is 2.19. The third-order valence-corrected chi connectivity index (χ3v) is 4.31. The van der Waals surface area contributed by atoms with Crippen molar-refractivity contribution in [2.24, 2.45) is 0 Å². The summed E-state index contributed by atoms with van der Waals surface area (Å²) in [6, 6.07) is 7.29. The highest BCUT2D eigenvalue weighted by atomic mass is 32.2. The maximum Gasteiger partial charge on any atom is 0.157 e. The van der Waals surface area contributed by atoms with E-state index in [2.05, 4.69) is 0 Å². The molecule has 0 spiro atoms. The van der Waals surface area contributed by atoms with Crippen LogP contribution in [0.3, 0.4) is 0 Å². The van der Waals surface area contributed by atoms with Crippen LogP contribution in [0.2, 0.25) is 0 Å². The Balaban J connectivity index is 3.11. The second-order valence-electron chi connectivity index (χ2n) is 4.52. The van der Waals surface area contributed by atoms with Gasteiger partial charge >= 0.3 is 0 Å². The normalized spacial score (nSPS) is 15.5. The van der Waals surface area contributed by atoms with Crippen LogP contribution in [-0.2, 0) is 9.84 Å². The molecule has 0 bridgehead atoms. The van der Waals surface area contributed by atoms with Crippen LogP contribution in [0.15, 0.2) is 24.3 Å². The Morgan fingerprint density at radius 2 is 1.76 bits per heavy atom. The van der Waals surface area contributed by atoms with Crippen LogP contribution in [-0.4, -0.2) is 25.9 Å². The van der Waals surface area contributed by atoms with E-state index in [0.29, 0.717) is 12.0 Å². The van der Waals surface area contributed by atoms with Crippen LogP contribution in [0.25, 0.3) is 0 Å². The molecule has 0 aliphatic heterocycles. The van der Waals surface area contributed by atoms with Crippen LogP contribution in [0, 0.1) is 6.92 Å². The van der Waals surface area contributed by atoms with Crippen molar-refractivity contribution in [2.45, 2.75) is 38.0 Å². The van der Waals surface area contributed by atoms with E-state index in [-0.39, 0.29) is 0 Å². The molecule has 0 saturated carbocycles. The minimum Gasteiger partial charge on any atom is -0.391 e. The third-order valence-electron chi connectivity index (χ3n) is 2.80. The van der Waals surface area contributed by atoms with Gasteiger partial charge in [-0.25, -0.2) is 8.42 Å². The van der Waals surface area contributed by atoms with Crippen molar-refractivity contribution in [3.05, 3.63) is 35.4 Å². The van der Waals surface area contributed by atoms with Gasteiger partial charge in [-0.2, -0.15) is 0 Å². The molecule has 1 aromatic carbocycles. The van der Waals surface area contributed by atoms with Crippen molar-refractivity contribution in [3.8, 4) is 0 Å². The molecule has 1 rings (SSSR count). The smallest absolute Gasteiger partial charge is 0.157 e. The van der Waals surface area contributed by atoms with Gasteiger partial charge in [0.1, 0.15) is 5.25 Å². The molecule has 0 aliphatic rings. The largest absolute Gasteiger partial charge is 0.391 e. The summed E-state index contributed by atoms with van der Waals surface area (Å²) in [7, 11) is -3.30. The highest BCUT2D eigenvalue weighted by molar-refractivity contribution is 7.91. The van der Waals surface area contributed by atoms with Gasteiger partial charge < -0.3 is 5.11 Å². The lowest BCUT2D eigenvalue weighted by atomic mass is 10.0. The number of hydrogen-bond acceptors (Lipinski definition) is 3. The Kier molecular flexibility index (Phi) is 4.71. The molecule has 1 aromatic rings. The lowest BCUT2D eigenvalue weighted by Crippen LogP contribution is -2.25. The van der Waals surface area contributed by atoms with Crippen molar-refractivity contribution in [2.75, 3.05) is 6.26 Å². The number of aliphatic hydroxyl groups is 1. The van der Waals surface area contributed by atoms with Crippen LogP contribution in [0.5, 0.6) is 0 Å². The zero-order valence-corrected chi connectivity index (χ0v) is 11.4.